The van der Waals surface area contributed by atoms with Gasteiger partial charge in [-0.3, -0.25) is 9.59 Å². The summed E-state index contributed by atoms with van der Waals surface area (Å²) in [7, 11) is 0. The maximum Gasteiger partial charge on any atom is 0.246 e. The van der Waals surface area contributed by atoms with Gasteiger partial charge >= 0.3 is 0 Å². The van der Waals surface area contributed by atoms with Gasteiger partial charge in [0.2, 0.25) is 5.91 Å². The molecule has 1 amide bonds. The number of amides is 1. The van der Waals surface area contributed by atoms with Crippen LogP contribution in [0.4, 0.5) is 5.69 Å². The van der Waals surface area contributed by atoms with Gasteiger partial charge in [0.15, 0.2) is 6.29 Å². The predicted molar refractivity (Wildman–Crippen MR) is 71.7 cm³/mol. The number of para-hydroxylation sites is 2. The quantitative estimate of drug-likeness (QED) is 0.798. The van der Waals surface area contributed by atoms with Crippen molar-refractivity contribution < 1.29 is 14.3 Å². The lowest BCUT2D eigenvalue weighted by Gasteiger charge is -2.10. The van der Waals surface area contributed by atoms with Gasteiger partial charge in [-0.15, -0.1) is 5.10 Å². The zero-order chi connectivity index (χ0) is 14.4. The van der Waals surface area contributed by atoms with Gasteiger partial charge in [0.25, 0.3) is 0 Å². The van der Waals surface area contributed by atoms with Crippen LogP contribution in [-0.2, 0) is 11.3 Å². The summed E-state index contributed by atoms with van der Waals surface area (Å²) in [5.41, 5.74) is 0.780. The zero-order valence-electron chi connectivity index (χ0n) is 10.9. The molecule has 0 atom stereocenters. The van der Waals surface area contributed by atoms with Gasteiger partial charge < -0.3 is 10.1 Å². The molecule has 0 aliphatic rings. The molecule has 0 radical (unpaired) electrons. The molecule has 0 fully saturated rings. The molecule has 0 aliphatic carbocycles. The highest BCUT2D eigenvalue weighted by molar-refractivity contribution is 5.92. The van der Waals surface area contributed by atoms with E-state index in [2.05, 4.69) is 15.6 Å². The van der Waals surface area contributed by atoms with Gasteiger partial charge in [-0.25, -0.2) is 4.68 Å². The minimum absolute atomic E-state index is 0.0265. The summed E-state index contributed by atoms with van der Waals surface area (Å²) in [4.78, 5) is 22.4. The third kappa shape index (κ3) is 3.41. The first-order valence-corrected chi connectivity index (χ1v) is 6.10. The molecule has 0 spiro atoms. The topological polar surface area (TPSA) is 86.1 Å². The number of aldehydes is 1. The highest BCUT2D eigenvalue weighted by Crippen LogP contribution is 2.23. The fourth-order valence-corrected chi connectivity index (χ4v) is 1.63. The summed E-state index contributed by atoms with van der Waals surface area (Å²) in [6, 6.07) is 7.16. The largest absolute Gasteiger partial charge is 0.492 e. The lowest BCUT2D eigenvalue weighted by molar-refractivity contribution is -0.116. The number of hydrogen-bond donors (Lipinski definition) is 1. The molecule has 7 heteroatoms. The normalized spacial score (nSPS) is 10.1. The third-order valence-electron chi connectivity index (χ3n) is 2.44. The van der Waals surface area contributed by atoms with Crippen LogP contribution in [0.2, 0.25) is 0 Å². The maximum absolute atomic E-state index is 11.9. The van der Waals surface area contributed by atoms with Crippen molar-refractivity contribution in [3.05, 3.63) is 36.2 Å². The molecule has 1 heterocycles. The molecular formula is C13H14N4O3. The molecule has 7 nitrogen and oxygen atoms in total. The van der Waals surface area contributed by atoms with Crippen molar-refractivity contribution in [3.8, 4) is 5.75 Å². The van der Waals surface area contributed by atoms with E-state index < -0.39 is 0 Å². The molecule has 0 bridgehead atoms. The molecule has 1 N–H and O–H groups in total. The van der Waals surface area contributed by atoms with Gasteiger partial charge in [0.1, 0.15) is 18.0 Å². The van der Waals surface area contributed by atoms with Gasteiger partial charge in [0.05, 0.1) is 18.5 Å². The monoisotopic (exact) mass is 274 g/mol. The van der Waals surface area contributed by atoms with Crippen LogP contribution < -0.4 is 10.1 Å². The summed E-state index contributed by atoms with van der Waals surface area (Å²) < 4.78 is 6.71. The van der Waals surface area contributed by atoms with E-state index in [1.807, 2.05) is 13.0 Å². The number of ether oxygens (including phenoxy) is 1. The summed E-state index contributed by atoms with van der Waals surface area (Å²) in [5, 5.41) is 9.98. The number of carbonyl (C=O) groups is 2. The standard InChI is InChI=1S/C13H14N4O3/c1-2-20-12-6-4-3-5-11(12)14-13(19)8-17-7-10(9-18)15-16-17/h3-7,9H,2,8H2,1H3,(H,14,19). The second-order valence-corrected chi connectivity index (χ2v) is 3.94. The van der Waals surface area contributed by atoms with Crippen molar-refractivity contribution in [2.24, 2.45) is 0 Å². The van der Waals surface area contributed by atoms with E-state index in [9.17, 15) is 9.59 Å². The zero-order valence-corrected chi connectivity index (χ0v) is 10.9. The van der Waals surface area contributed by atoms with Crippen molar-refractivity contribution in [3.63, 3.8) is 0 Å². The Balaban J connectivity index is 2.02. The second-order valence-electron chi connectivity index (χ2n) is 3.94. The molecule has 0 saturated heterocycles. The first-order chi connectivity index (χ1) is 9.72. The van der Waals surface area contributed by atoms with Crippen LogP contribution in [0.3, 0.4) is 0 Å². The number of anilines is 1. The number of benzene rings is 1. The number of carbonyl (C=O) groups excluding carboxylic acids is 2. The molecule has 0 aliphatic heterocycles. The van der Waals surface area contributed by atoms with E-state index in [1.54, 1.807) is 18.2 Å². The van der Waals surface area contributed by atoms with Crippen LogP contribution in [0.25, 0.3) is 0 Å². The molecule has 1 aromatic heterocycles. The first-order valence-electron chi connectivity index (χ1n) is 6.10. The lowest BCUT2D eigenvalue weighted by Crippen LogP contribution is -2.19. The van der Waals surface area contributed by atoms with Crippen molar-refractivity contribution in [2.75, 3.05) is 11.9 Å². The summed E-state index contributed by atoms with van der Waals surface area (Å²) in [6.45, 7) is 2.36. The molecule has 2 aromatic rings. The Morgan fingerprint density at radius 2 is 2.25 bits per heavy atom. The van der Waals surface area contributed by atoms with E-state index in [-0.39, 0.29) is 18.1 Å². The van der Waals surface area contributed by atoms with E-state index in [0.29, 0.717) is 24.3 Å². The van der Waals surface area contributed by atoms with Gasteiger partial charge in [-0.1, -0.05) is 17.3 Å². The van der Waals surface area contributed by atoms with Crippen molar-refractivity contribution >= 4 is 17.9 Å². The van der Waals surface area contributed by atoms with Gasteiger partial charge in [-0.05, 0) is 19.1 Å². The average Bonchev–Trinajstić information content (AvgIpc) is 2.89. The van der Waals surface area contributed by atoms with E-state index >= 15 is 0 Å². The van der Waals surface area contributed by atoms with E-state index in [1.165, 1.54) is 10.9 Å². The number of nitrogens with zero attached hydrogens (tertiary/aromatic N) is 3. The molecule has 1 aromatic carbocycles. The van der Waals surface area contributed by atoms with Crippen LogP contribution >= 0.6 is 0 Å². The average molecular weight is 274 g/mol. The summed E-state index contributed by atoms with van der Waals surface area (Å²) in [5.74, 6) is 0.329. The van der Waals surface area contributed by atoms with Gasteiger partial charge in [0, 0.05) is 0 Å². The Hall–Kier alpha value is -2.70. The summed E-state index contributed by atoms with van der Waals surface area (Å²) in [6.07, 6.45) is 1.98. The Morgan fingerprint density at radius 3 is 2.95 bits per heavy atom. The molecule has 20 heavy (non-hydrogen) atoms. The van der Waals surface area contributed by atoms with Crippen LogP contribution in [0, 0.1) is 0 Å². The molecule has 0 unspecified atom stereocenters. The minimum atomic E-state index is -0.278. The number of rotatable bonds is 6. The van der Waals surface area contributed by atoms with E-state index in [0.717, 1.165) is 0 Å². The van der Waals surface area contributed by atoms with Crippen molar-refractivity contribution in [2.45, 2.75) is 13.5 Å². The van der Waals surface area contributed by atoms with Crippen molar-refractivity contribution in [1.82, 2.24) is 15.0 Å². The predicted octanol–water partition coefficient (Wildman–Crippen LogP) is 1.13. The molecule has 0 saturated carbocycles. The molecule has 104 valence electrons. The van der Waals surface area contributed by atoms with E-state index in [4.69, 9.17) is 4.74 Å². The Bertz CT molecular complexity index is 609. The second kappa shape index (κ2) is 6.46. The third-order valence-corrected chi connectivity index (χ3v) is 2.44. The smallest absolute Gasteiger partial charge is 0.246 e. The fourth-order valence-electron chi connectivity index (χ4n) is 1.63. The van der Waals surface area contributed by atoms with Crippen LogP contribution in [0.15, 0.2) is 30.5 Å². The maximum atomic E-state index is 11.9. The molecular weight excluding hydrogens is 260 g/mol. The Morgan fingerprint density at radius 1 is 1.45 bits per heavy atom. The highest BCUT2D eigenvalue weighted by Gasteiger charge is 2.09. The van der Waals surface area contributed by atoms with Crippen LogP contribution in [0.5, 0.6) is 5.75 Å². The lowest BCUT2D eigenvalue weighted by atomic mass is 10.3. The Labute approximate surface area is 115 Å². The fraction of sp³-hybridized carbons (Fsp3) is 0.231. The minimum Gasteiger partial charge on any atom is -0.492 e. The summed E-state index contributed by atoms with van der Waals surface area (Å²) >= 11 is 0. The number of nitrogens with one attached hydrogen (secondary N) is 1. The van der Waals surface area contributed by atoms with Gasteiger partial charge in [-0.2, -0.15) is 0 Å². The first kappa shape index (κ1) is 13.7. The number of aromatic nitrogens is 3. The highest BCUT2D eigenvalue weighted by atomic mass is 16.5. The SMILES string of the molecule is CCOc1ccccc1NC(=O)Cn1cc(C=O)nn1. The van der Waals surface area contributed by atoms with Crippen molar-refractivity contribution in [1.29, 1.82) is 0 Å². The van der Waals surface area contributed by atoms with Crippen LogP contribution in [0.1, 0.15) is 17.4 Å². The number of hydrogen-bond acceptors (Lipinski definition) is 5. The van der Waals surface area contributed by atoms with Crippen LogP contribution in [-0.4, -0.2) is 33.8 Å². The Kier molecular flexibility index (Phi) is 4.43. The molecule has 2 rings (SSSR count).